The van der Waals surface area contributed by atoms with Crippen molar-refractivity contribution < 1.29 is 14.6 Å². The van der Waals surface area contributed by atoms with E-state index in [1.165, 1.54) is 19.8 Å². The molecule has 2 fully saturated rings. The number of esters is 1. The summed E-state index contributed by atoms with van der Waals surface area (Å²) in [6.07, 6.45) is 2.50. The van der Waals surface area contributed by atoms with Crippen LogP contribution in [0.2, 0.25) is 0 Å². The number of ether oxygens (including phenoxy) is 1. The maximum absolute atomic E-state index is 11.0. The van der Waals surface area contributed by atoms with Gasteiger partial charge in [0.1, 0.15) is 0 Å². The molecule has 2 N–H and O–H groups in total. The van der Waals surface area contributed by atoms with E-state index in [4.69, 9.17) is 4.74 Å². The molecule has 130 valence electrons. The maximum atomic E-state index is 11.0. The monoisotopic (exact) mass is 362 g/mol. The Kier molecular flexibility index (Phi) is 7.61. The van der Waals surface area contributed by atoms with Crippen LogP contribution in [-0.2, 0) is 4.79 Å². The van der Waals surface area contributed by atoms with Crippen molar-refractivity contribution in [3.05, 3.63) is 23.8 Å². The second-order valence-corrected chi connectivity index (χ2v) is 5.89. The molecule has 7 heteroatoms. The highest BCUT2D eigenvalue weighted by molar-refractivity contribution is 5.85. The predicted molar refractivity (Wildman–Crippen MR) is 93.8 cm³/mol. The lowest BCUT2D eigenvalue weighted by Gasteiger charge is -2.35. The molecule has 0 spiro atoms. The molecule has 23 heavy (non-hydrogen) atoms. The van der Waals surface area contributed by atoms with Crippen LogP contribution in [0, 0.1) is 5.92 Å². The van der Waals surface area contributed by atoms with E-state index in [1.807, 2.05) is 6.07 Å². The fraction of sp³-hybridized carbons (Fsp3) is 0.562. The molecule has 5 nitrogen and oxygen atoms in total. The van der Waals surface area contributed by atoms with Gasteiger partial charge in [0.2, 0.25) is 0 Å². The molecule has 1 heterocycles. The second-order valence-electron chi connectivity index (χ2n) is 5.89. The van der Waals surface area contributed by atoms with Crippen molar-refractivity contribution in [2.45, 2.75) is 25.8 Å². The zero-order chi connectivity index (χ0) is 14.8. The third-order valence-corrected chi connectivity index (χ3v) is 4.19. The first-order valence-corrected chi connectivity index (χ1v) is 7.61. The van der Waals surface area contributed by atoms with Gasteiger partial charge in [0.25, 0.3) is 0 Å². The number of hydrogen-bond acceptors (Lipinski definition) is 5. The van der Waals surface area contributed by atoms with E-state index in [0.717, 1.165) is 31.7 Å². The van der Waals surface area contributed by atoms with Crippen LogP contribution < -0.4 is 10.1 Å². The van der Waals surface area contributed by atoms with Gasteiger partial charge in [-0.25, -0.2) is 0 Å². The Bertz CT molecular complexity index is 532. The van der Waals surface area contributed by atoms with Gasteiger partial charge < -0.3 is 15.2 Å². The predicted octanol–water partition coefficient (Wildman–Crippen LogP) is 2.52. The normalized spacial score (nSPS) is 19.2. The Labute approximate surface area is 149 Å². The Balaban J connectivity index is 0.00000132. The van der Waals surface area contributed by atoms with E-state index >= 15 is 0 Å². The van der Waals surface area contributed by atoms with Crippen LogP contribution in [0.1, 0.15) is 31.4 Å². The molecule has 1 saturated heterocycles. The quantitative estimate of drug-likeness (QED) is 0.636. The number of nitrogens with zero attached hydrogens (tertiary/aromatic N) is 1. The summed E-state index contributed by atoms with van der Waals surface area (Å²) in [5.41, 5.74) is 1.12. The Morgan fingerprint density at radius 1 is 1.30 bits per heavy atom. The molecule has 0 radical (unpaired) electrons. The zero-order valence-electron chi connectivity index (χ0n) is 13.2. The molecule has 0 amide bonds. The van der Waals surface area contributed by atoms with Crippen molar-refractivity contribution in [3.63, 3.8) is 0 Å². The fourth-order valence-electron chi connectivity index (χ4n) is 3.11. The van der Waals surface area contributed by atoms with Gasteiger partial charge in [-0.3, -0.25) is 9.69 Å². The summed E-state index contributed by atoms with van der Waals surface area (Å²) in [6.45, 7) is 5.43. The topological polar surface area (TPSA) is 61.8 Å². The third kappa shape index (κ3) is 4.98. The number of piperazine rings is 1. The van der Waals surface area contributed by atoms with Crippen molar-refractivity contribution in [2.24, 2.45) is 5.92 Å². The van der Waals surface area contributed by atoms with Crippen molar-refractivity contribution in [1.82, 2.24) is 10.2 Å². The number of nitrogens with one attached hydrogen (secondary N) is 1. The number of carbonyl (C=O) groups is 1. The Morgan fingerprint density at radius 3 is 2.48 bits per heavy atom. The van der Waals surface area contributed by atoms with E-state index in [-0.39, 0.29) is 36.3 Å². The lowest BCUT2D eigenvalue weighted by molar-refractivity contribution is -0.132. The summed E-state index contributed by atoms with van der Waals surface area (Å²) in [6, 6.07) is 5.79. The van der Waals surface area contributed by atoms with Crippen LogP contribution in [0.3, 0.4) is 0 Å². The molecule has 1 atom stereocenters. The number of benzene rings is 1. The average Bonchev–Trinajstić information content (AvgIpc) is 3.28. The molecule has 3 rings (SSSR count). The molecule has 0 bridgehead atoms. The summed E-state index contributed by atoms with van der Waals surface area (Å²) in [5.74, 6) is 0.547. The van der Waals surface area contributed by atoms with Crippen molar-refractivity contribution in [1.29, 1.82) is 0 Å². The highest BCUT2D eigenvalue weighted by Crippen LogP contribution is 2.46. The van der Waals surface area contributed by atoms with Crippen molar-refractivity contribution >= 4 is 30.8 Å². The van der Waals surface area contributed by atoms with Crippen LogP contribution in [0.5, 0.6) is 11.5 Å². The molecular formula is C16H24Cl2N2O3. The highest BCUT2D eigenvalue weighted by Gasteiger charge is 2.37. The number of phenolic OH excluding ortho intramolecular Hbond substituents is 1. The Hall–Kier alpha value is -1.01. The molecule has 1 saturated carbocycles. The molecule has 1 aromatic carbocycles. The minimum absolute atomic E-state index is 0. The van der Waals surface area contributed by atoms with Gasteiger partial charge >= 0.3 is 5.97 Å². The minimum atomic E-state index is -0.418. The summed E-state index contributed by atoms with van der Waals surface area (Å²) in [7, 11) is 0. The van der Waals surface area contributed by atoms with E-state index < -0.39 is 5.97 Å². The van der Waals surface area contributed by atoms with Crippen LogP contribution in [0.4, 0.5) is 0 Å². The number of phenols is 1. The van der Waals surface area contributed by atoms with Crippen LogP contribution in [0.25, 0.3) is 0 Å². The van der Waals surface area contributed by atoms with Crippen molar-refractivity contribution in [2.75, 3.05) is 26.2 Å². The molecule has 0 aromatic heterocycles. The molecule has 0 unspecified atom stereocenters. The van der Waals surface area contributed by atoms with Crippen LogP contribution in [0.15, 0.2) is 18.2 Å². The van der Waals surface area contributed by atoms with Crippen molar-refractivity contribution in [3.8, 4) is 11.5 Å². The van der Waals surface area contributed by atoms with E-state index in [2.05, 4.69) is 10.2 Å². The number of halogens is 2. The third-order valence-electron chi connectivity index (χ3n) is 4.19. The number of rotatable bonds is 4. The second kappa shape index (κ2) is 8.73. The smallest absolute Gasteiger partial charge is 0.308 e. The first kappa shape index (κ1) is 20.0. The average molecular weight is 363 g/mol. The first-order valence-electron chi connectivity index (χ1n) is 7.61. The maximum Gasteiger partial charge on any atom is 0.308 e. The SMILES string of the molecule is CC(=O)Oc1ccc([C@@H](C2CC2)N2CCNCC2)cc1O.Cl.Cl. The van der Waals surface area contributed by atoms with Crippen LogP contribution in [-0.4, -0.2) is 42.2 Å². The number of carbonyl (C=O) groups excluding carboxylic acids is 1. The zero-order valence-corrected chi connectivity index (χ0v) is 14.8. The molecule has 1 aliphatic heterocycles. The molecule has 1 aromatic rings. The fourth-order valence-corrected chi connectivity index (χ4v) is 3.11. The standard InChI is InChI=1S/C16H22N2O3.2ClH/c1-11(19)21-15-5-4-13(10-14(15)20)16(12-2-3-12)18-8-6-17-7-9-18;;/h4-5,10,12,16-17,20H,2-3,6-9H2,1H3;2*1H/t16-;;/m1../s1. The summed E-state index contributed by atoms with van der Waals surface area (Å²) in [5, 5.41) is 13.5. The van der Waals surface area contributed by atoms with E-state index in [9.17, 15) is 9.90 Å². The minimum Gasteiger partial charge on any atom is -0.504 e. The van der Waals surface area contributed by atoms with Gasteiger partial charge in [0.15, 0.2) is 11.5 Å². The lowest BCUT2D eigenvalue weighted by Crippen LogP contribution is -2.45. The first-order chi connectivity index (χ1) is 10.1. The van der Waals surface area contributed by atoms with Gasteiger partial charge in [0.05, 0.1) is 0 Å². The summed E-state index contributed by atoms with van der Waals surface area (Å²) < 4.78 is 4.99. The van der Waals surface area contributed by atoms with Gasteiger partial charge in [0, 0.05) is 39.1 Å². The lowest BCUT2D eigenvalue weighted by atomic mass is 9.99. The molecular weight excluding hydrogens is 339 g/mol. The number of aromatic hydroxyl groups is 1. The highest BCUT2D eigenvalue weighted by atomic mass is 35.5. The van der Waals surface area contributed by atoms with E-state index in [1.54, 1.807) is 12.1 Å². The Morgan fingerprint density at radius 2 is 1.96 bits per heavy atom. The van der Waals surface area contributed by atoms with Gasteiger partial charge in [-0.15, -0.1) is 24.8 Å². The van der Waals surface area contributed by atoms with Gasteiger partial charge in [-0.2, -0.15) is 0 Å². The van der Waals surface area contributed by atoms with E-state index in [0.29, 0.717) is 12.0 Å². The van der Waals surface area contributed by atoms with Gasteiger partial charge in [-0.1, -0.05) is 6.07 Å². The van der Waals surface area contributed by atoms with Crippen LogP contribution >= 0.6 is 24.8 Å². The molecule has 2 aliphatic rings. The summed E-state index contributed by atoms with van der Waals surface area (Å²) >= 11 is 0. The largest absolute Gasteiger partial charge is 0.504 e. The number of hydrogen-bond donors (Lipinski definition) is 2. The summed E-state index contributed by atoms with van der Waals surface area (Å²) in [4.78, 5) is 13.5. The van der Waals surface area contributed by atoms with Gasteiger partial charge in [-0.05, 0) is 36.5 Å². The molecule has 1 aliphatic carbocycles.